The van der Waals surface area contributed by atoms with E-state index in [1.54, 1.807) is 18.7 Å². The lowest BCUT2D eigenvalue weighted by Crippen LogP contribution is -2.01. The van der Waals surface area contributed by atoms with Crippen molar-refractivity contribution in [3.8, 4) is 5.82 Å². The van der Waals surface area contributed by atoms with Gasteiger partial charge in [0.2, 0.25) is 0 Å². The minimum absolute atomic E-state index is 0.745. The van der Waals surface area contributed by atoms with E-state index < -0.39 is 0 Å². The van der Waals surface area contributed by atoms with Crippen LogP contribution in [0.4, 0.5) is 0 Å². The van der Waals surface area contributed by atoms with E-state index in [0.29, 0.717) is 0 Å². The van der Waals surface area contributed by atoms with Gasteiger partial charge in [0.15, 0.2) is 0 Å². The fourth-order valence-electron chi connectivity index (χ4n) is 2.39. The summed E-state index contributed by atoms with van der Waals surface area (Å²) < 4.78 is 1.98. The Kier molecular flexibility index (Phi) is 2.26. The molecule has 0 bridgehead atoms. The van der Waals surface area contributed by atoms with Crippen molar-refractivity contribution in [3.05, 3.63) is 54.9 Å². The van der Waals surface area contributed by atoms with Crippen molar-refractivity contribution in [1.29, 1.82) is 0 Å². The van der Waals surface area contributed by atoms with Gasteiger partial charge in [-0.15, -0.1) is 0 Å². The summed E-state index contributed by atoms with van der Waals surface area (Å²) in [7, 11) is 0. The van der Waals surface area contributed by atoms with Crippen molar-refractivity contribution in [2.75, 3.05) is 0 Å². The second kappa shape index (κ2) is 4.09. The highest BCUT2D eigenvalue weighted by molar-refractivity contribution is 5.88. The number of fused-ring (bicyclic) bond motifs is 2. The first-order valence-corrected chi connectivity index (χ1v) is 6.34. The normalized spacial score (nSPS) is 11.2. The van der Waals surface area contributed by atoms with E-state index >= 15 is 0 Å². The molecule has 0 aliphatic rings. The standard InChI is InChI=1S/C15H11N5/c1-10-18-12-5-3-2-4-11(12)15(19-10)20-9-17-13-8-16-7-6-14(13)20/h2-9H,1H3. The average molecular weight is 261 g/mol. The summed E-state index contributed by atoms with van der Waals surface area (Å²) in [6, 6.07) is 9.93. The molecule has 3 heterocycles. The maximum Gasteiger partial charge on any atom is 0.150 e. The maximum atomic E-state index is 4.59. The topological polar surface area (TPSA) is 56.5 Å². The van der Waals surface area contributed by atoms with Crippen LogP contribution in [0, 0.1) is 6.92 Å². The first-order chi connectivity index (χ1) is 9.83. The van der Waals surface area contributed by atoms with E-state index in [-0.39, 0.29) is 0 Å². The highest BCUT2D eigenvalue weighted by Gasteiger charge is 2.10. The second-order valence-corrected chi connectivity index (χ2v) is 4.59. The fraction of sp³-hybridized carbons (Fsp3) is 0.0667. The minimum atomic E-state index is 0.745. The Morgan fingerprint density at radius 2 is 1.90 bits per heavy atom. The smallest absolute Gasteiger partial charge is 0.150 e. The van der Waals surface area contributed by atoms with Gasteiger partial charge in [-0.05, 0) is 25.1 Å². The van der Waals surface area contributed by atoms with E-state index in [1.807, 2.05) is 41.8 Å². The Morgan fingerprint density at radius 3 is 2.85 bits per heavy atom. The average Bonchev–Trinajstić information content (AvgIpc) is 2.90. The summed E-state index contributed by atoms with van der Waals surface area (Å²) in [5, 5.41) is 1.01. The summed E-state index contributed by atoms with van der Waals surface area (Å²) in [6.45, 7) is 1.90. The van der Waals surface area contributed by atoms with Crippen LogP contribution < -0.4 is 0 Å². The van der Waals surface area contributed by atoms with Crippen LogP contribution in [0.3, 0.4) is 0 Å². The molecule has 0 saturated heterocycles. The number of aryl methyl sites for hydroxylation is 1. The molecule has 20 heavy (non-hydrogen) atoms. The van der Waals surface area contributed by atoms with Crippen molar-refractivity contribution in [2.24, 2.45) is 0 Å². The third kappa shape index (κ3) is 1.56. The predicted molar refractivity (Wildman–Crippen MR) is 76.7 cm³/mol. The molecule has 0 fully saturated rings. The Hall–Kier alpha value is -2.82. The lowest BCUT2D eigenvalue weighted by molar-refractivity contribution is 0.981. The predicted octanol–water partition coefficient (Wildman–Crippen LogP) is 2.67. The zero-order valence-corrected chi connectivity index (χ0v) is 10.9. The first kappa shape index (κ1) is 11.0. The zero-order chi connectivity index (χ0) is 13.5. The van der Waals surface area contributed by atoms with Crippen LogP contribution in [-0.4, -0.2) is 24.5 Å². The highest BCUT2D eigenvalue weighted by Crippen LogP contribution is 2.22. The van der Waals surface area contributed by atoms with Crippen molar-refractivity contribution < 1.29 is 0 Å². The van der Waals surface area contributed by atoms with Crippen LogP contribution in [-0.2, 0) is 0 Å². The molecule has 0 amide bonds. The van der Waals surface area contributed by atoms with Gasteiger partial charge in [-0.3, -0.25) is 9.55 Å². The SMILES string of the molecule is Cc1nc(-n2cnc3cnccc32)c2ccccc2n1. The second-order valence-electron chi connectivity index (χ2n) is 4.59. The molecule has 3 aromatic heterocycles. The number of hydrogen-bond donors (Lipinski definition) is 0. The number of benzene rings is 1. The van der Waals surface area contributed by atoms with Crippen LogP contribution in [0.25, 0.3) is 27.8 Å². The monoisotopic (exact) mass is 261 g/mol. The summed E-state index contributed by atoms with van der Waals surface area (Å²) in [5.74, 6) is 1.59. The molecular weight excluding hydrogens is 250 g/mol. The van der Waals surface area contributed by atoms with Crippen LogP contribution >= 0.6 is 0 Å². The molecule has 4 aromatic rings. The van der Waals surface area contributed by atoms with Gasteiger partial charge < -0.3 is 0 Å². The molecular formula is C15H11N5. The van der Waals surface area contributed by atoms with E-state index in [2.05, 4.69) is 19.9 Å². The molecule has 5 heteroatoms. The summed E-state index contributed by atoms with van der Waals surface area (Å²) in [4.78, 5) is 17.5. The molecule has 0 spiro atoms. The van der Waals surface area contributed by atoms with Gasteiger partial charge in [0, 0.05) is 11.6 Å². The zero-order valence-electron chi connectivity index (χ0n) is 10.9. The Balaban J connectivity index is 2.12. The molecule has 0 aliphatic carbocycles. The quantitative estimate of drug-likeness (QED) is 0.528. The molecule has 0 radical (unpaired) electrons. The number of rotatable bonds is 1. The largest absolute Gasteiger partial charge is 0.282 e. The third-order valence-electron chi connectivity index (χ3n) is 3.27. The summed E-state index contributed by atoms with van der Waals surface area (Å²) in [5.41, 5.74) is 2.78. The molecule has 4 rings (SSSR count). The van der Waals surface area contributed by atoms with Gasteiger partial charge in [-0.25, -0.2) is 15.0 Å². The third-order valence-corrected chi connectivity index (χ3v) is 3.27. The van der Waals surface area contributed by atoms with Crippen molar-refractivity contribution in [1.82, 2.24) is 24.5 Å². The molecule has 5 nitrogen and oxygen atoms in total. The van der Waals surface area contributed by atoms with E-state index in [4.69, 9.17) is 0 Å². The highest BCUT2D eigenvalue weighted by atomic mass is 15.1. The van der Waals surface area contributed by atoms with Crippen LogP contribution in [0.2, 0.25) is 0 Å². The summed E-state index contributed by atoms with van der Waals surface area (Å²) >= 11 is 0. The van der Waals surface area contributed by atoms with E-state index in [0.717, 1.165) is 33.6 Å². The number of para-hydroxylation sites is 1. The lowest BCUT2D eigenvalue weighted by Gasteiger charge is -2.08. The van der Waals surface area contributed by atoms with Gasteiger partial charge in [-0.2, -0.15) is 0 Å². The van der Waals surface area contributed by atoms with Gasteiger partial charge in [0.05, 0.1) is 17.2 Å². The molecule has 0 atom stereocenters. The number of pyridine rings is 1. The van der Waals surface area contributed by atoms with Crippen molar-refractivity contribution in [2.45, 2.75) is 6.92 Å². The van der Waals surface area contributed by atoms with Crippen LogP contribution in [0.5, 0.6) is 0 Å². The number of aromatic nitrogens is 5. The molecule has 96 valence electrons. The molecule has 0 unspecified atom stereocenters. The fourth-order valence-corrected chi connectivity index (χ4v) is 2.39. The van der Waals surface area contributed by atoms with Crippen LogP contribution in [0.15, 0.2) is 49.1 Å². The van der Waals surface area contributed by atoms with Gasteiger partial charge in [0.25, 0.3) is 0 Å². The van der Waals surface area contributed by atoms with Crippen molar-refractivity contribution >= 4 is 21.9 Å². The number of nitrogens with zero attached hydrogens (tertiary/aromatic N) is 5. The Morgan fingerprint density at radius 1 is 1.00 bits per heavy atom. The van der Waals surface area contributed by atoms with Gasteiger partial charge in [0.1, 0.15) is 23.5 Å². The lowest BCUT2D eigenvalue weighted by atomic mass is 10.2. The molecule has 0 saturated carbocycles. The van der Waals surface area contributed by atoms with E-state index in [9.17, 15) is 0 Å². The molecule has 0 N–H and O–H groups in total. The molecule has 0 aliphatic heterocycles. The van der Waals surface area contributed by atoms with Gasteiger partial charge in [-0.1, -0.05) is 12.1 Å². The number of imidazole rings is 1. The molecule has 1 aromatic carbocycles. The van der Waals surface area contributed by atoms with Gasteiger partial charge >= 0.3 is 0 Å². The number of hydrogen-bond acceptors (Lipinski definition) is 4. The minimum Gasteiger partial charge on any atom is -0.282 e. The van der Waals surface area contributed by atoms with Crippen molar-refractivity contribution in [3.63, 3.8) is 0 Å². The first-order valence-electron chi connectivity index (χ1n) is 6.34. The van der Waals surface area contributed by atoms with Crippen LogP contribution in [0.1, 0.15) is 5.82 Å². The maximum absolute atomic E-state index is 4.59. The Labute approximate surface area is 115 Å². The summed E-state index contributed by atoms with van der Waals surface area (Å²) in [6.07, 6.45) is 5.29. The Bertz CT molecular complexity index is 926. The van der Waals surface area contributed by atoms with E-state index in [1.165, 1.54) is 0 Å².